The SMILES string of the molecule is C[n+]1ccn(C(=O)N2CCN(c3ccccn3)CC2)c1. The first-order chi connectivity index (χ1) is 9.74. The number of amides is 1. The summed E-state index contributed by atoms with van der Waals surface area (Å²) in [5, 5.41) is 0. The van der Waals surface area contributed by atoms with E-state index in [0.717, 1.165) is 32.0 Å². The average molecular weight is 272 g/mol. The molecule has 2 aromatic heterocycles. The van der Waals surface area contributed by atoms with Crippen LogP contribution in [0, 0.1) is 0 Å². The second-order valence-corrected chi connectivity index (χ2v) is 4.93. The molecule has 0 atom stereocenters. The summed E-state index contributed by atoms with van der Waals surface area (Å²) in [5.41, 5.74) is 0. The smallest absolute Gasteiger partial charge is 0.353 e. The van der Waals surface area contributed by atoms with Gasteiger partial charge in [-0.2, -0.15) is 4.57 Å². The van der Waals surface area contributed by atoms with Gasteiger partial charge in [-0.05, 0) is 12.1 Å². The minimum Gasteiger partial charge on any atom is -0.353 e. The van der Waals surface area contributed by atoms with Gasteiger partial charge in [-0.1, -0.05) is 6.07 Å². The molecule has 0 radical (unpaired) electrons. The monoisotopic (exact) mass is 272 g/mol. The van der Waals surface area contributed by atoms with Crippen LogP contribution in [0.25, 0.3) is 0 Å². The normalized spacial score (nSPS) is 15.4. The van der Waals surface area contributed by atoms with E-state index in [2.05, 4.69) is 9.88 Å². The molecule has 0 spiro atoms. The maximum Gasteiger partial charge on any atom is 0.415 e. The van der Waals surface area contributed by atoms with Crippen LogP contribution in [0.2, 0.25) is 0 Å². The molecule has 3 heterocycles. The van der Waals surface area contributed by atoms with Crippen LogP contribution in [0.1, 0.15) is 0 Å². The minimum absolute atomic E-state index is 0.0336. The van der Waals surface area contributed by atoms with Crippen LogP contribution >= 0.6 is 0 Å². The van der Waals surface area contributed by atoms with Gasteiger partial charge in [0.1, 0.15) is 18.2 Å². The van der Waals surface area contributed by atoms with Crippen LogP contribution in [0.15, 0.2) is 43.1 Å². The summed E-state index contributed by atoms with van der Waals surface area (Å²) in [6.45, 7) is 3.07. The van der Waals surface area contributed by atoms with Crippen molar-refractivity contribution in [2.45, 2.75) is 0 Å². The lowest BCUT2D eigenvalue weighted by Crippen LogP contribution is -2.50. The Morgan fingerprint density at radius 3 is 2.65 bits per heavy atom. The van der Waals surface area contributed by atoms with Crippen molar-refractivity contribution in [1.29, 1.82) is 0 Å². The molecule has 1 fully saturated rings. The lowest BCUT2D eigenvalue weighted by Gasteiger charge is -2.34. The molecule has 104 valence electrons. The van der Waals surface area contributed by atoms with Gasteiger partial charge in [0, 0.05) is 32.4 Å². The lowest BCUT2D eigenvalue weighted by molar-refractivity contribution is -0.670. The highest BCUT2D eigenvalue weighted by Gasteiger charge is 2.25. The Morgan fingerprint density at radius 1 is 1.25 bits per heavy atom. The number of pyridine rings is 1. The van der Waals surface area contributed by atoms with E-state index in [-0.39, 0.29) is 6.03 Å². The second-order valence-electron chi connectivity index (χ2n) is 4.93. The van der Waals surface area contributed by atoms with Gasteiger partial charge in [-0.15, -0.1) is 0 Å². The topological polar surface area (TPSA) is 45.2 Å². The quantitative estimate of drug-likeness (QED) is 0.710. The third kappa shape index (κ3) is 2.49. The zero-order chi connectivity index (χ0) is 13.9. The summed E-state index contributed by atoms with van der Waals surface area (Å²) < 4.78 is 3.48. The zero-order valence-electron chi connectivity index (χ0n) is 11.5. The number of aromatic nitrogens is 3. The van der Waals surface area contributed by atoms with E-state index in [9.17, 15) is 4.79 Å². The maximum atomic E-state index is 12.3. The van der Waals surface area contributed by atoms with Crippen molar-refractivity contribution in [2.24, 2.45) is 7.05 Å². The first-order valence-electron chi connectivity index (χ1n) is 6.72. The van der Waals surface area contributed by atoms with E-state index in [4.69, 9.17) is 0 Å². The van der Waals surface area contributed by atoms with Gasteiger partial charge >= 0.3 is 6.03 Å². The number of nitrogens with zero attached hydrogens (tertiary/aromatic N) is 5. The number of aryl methyl sites for hydroxylation is 1. The van der Waals surface area contributed by atoms with Gasteiger partial charge in [-0.3, -0.25) is 0 Å². The first-order valence-corrected chi connectivity index (χ1v) is 6.72. The largest absolute Gasteiger partial charge is 0.415 e. The van der Waals surface area contributed by atoms with Crippen LogP contribution in [0.4, 0.5) is 10.6 Å². The van der Waals surface area contributed by atoms with Crippen LogP contribution in [-0.2, 0) is 7.05 Å². The molecule has 1 aliphatic heterocycles. The molecule has 1 saturated heterocycles. The van der Waals surface area contributed by atoms with Gasteiger partial charge in [-0.25, -0.2) is 14.3 Å². The van der Waals surface area contributed by atoms with Crippen LogP contribution in [-0.4, -0.2) is 46.7 Å². The highest BCUT2D eigenvalue weighted by Crippen LogP contribution is 2.12. The molecule has 0 bridgehead atoms. The molecule has 0 aromatic carbocycles. The number of hydrogen-bond acceptors (Lipinski definition) is 3. The van der Waals surface area contributed by atoms with Crippen LogP contribution in [0.3, 0.4) is 0 Å². The number of carbonyl (C=O) groups excluding carboxylic acids is 1. The third-order valence-corrected chi connectivity index (χ3v) is 3.51. The molecule has 6 nitrogen and oxygen atoms in total. The molecule has 20 heavy (non-hydrogen) atoms. The van der Waals surface area contributed by atoms with E-state index in [1.165, 1.54) is 0 Å². The molecular weight excluding hydrogens is 254 g/mol. The second kappa shape index (κ2) is 5.32. The summed E-state index contributed by atoms with van der Waals surface area (Å²) >= 11 is 0. The number of carbonyl (C=O) groups is 1. The zero-order valence-corrected chi connectivity index (χ0v) is 11.5. The summed E-state index contributed by atoms with van der Waals surface area (Å²) in [5.74, 6) is 0.979. The van der Waals surface area contributed by atoms with Crippen molar-refractivity contribution < 1.29 is 9.36 Å². The fraction of sp³-hybridized carbons (Fsp3) is 0.357. The molecule has 2 aromatic rings. The molecule has 0 saturated carbocycles. The minimum atomic E-state index is 0.0336. The Hall–Kier alpha value is -2.37. The van der Waals surface area contributed by atoms with Crippen molar-refractivity contribution in [1.82, 2.24) is 14.5 Å². The van der Waals surface area contributed by atoms with E-state index in [0.29, 0.717) is 0 Å². The highest BCUT2D eigenvalue weighted by atomic mass is 16.2. The van der Waals surface area contributed by atoms with Crippen molar-refractivity contribution in [3.8, 4) is 0 Å². The molecule has 1 aliphatic rings. The summed E-state index contributed by atoms with van der Waals surface area (Å²) in [6.07, 6.45) is 7.23. The highest BCUT2D eigenvalue weighted by molar-refractivity contribution is 5.76. The third-order valence-electron chi connectivity index (χ3n) is 3.51. The number of imidazole rings is 1. The lowest BCUT2D eigenvalue weighted by atomic mass is 10.3. The number of piperazine rings is 1. The standard InChI is InChI=1S/C14H18N5O/c1-16-6-7-19(12-16)14(20)18-10-8-17(9-11-18)13-4-2-3-5-15-13/h2-7,12H,8-11H2,1H3/q+1. The Kier molecular flexibility index (Phi) is 3.37. The molecule has 0 aliphatic carbocycles. The van der Waals surface area contributed by atoms with Crippen molar-refractivity contribution in [2.75, 3.05) is 31.1 Å². The van der Waals surface area contributed by atoms with Gasteiger partial charge in [0.05, 0.1) is 7.05 Å². The molecule has 1 amide bonds. The summed E-state index contributed by atoms with van der Waals surface area (Å²) in [4.78, 5) is 20.7. The van der Waals surface area contributed by atoms with Gasteiger partial charge < -0.3 is 9.80 Å². The number of rotatable bonds is 1. The fourth-order valence-corrected chi connectivity index (χ4v) is 2.39. The first kappa shape index (κ1) is 12.7. The predicted octanol–water partition coefficient (Wildman–Crippen LogP) is 0.498. The Morgan fingerprint density at radius 2 is 2.05 bits per heavy atom. The van der Waals surface area contributed by atoms with Crippen molar-refractivity contribution in [3.05, 3.63) is 43.1 Å². The average Bonchev–Trinajstić information content (AvgIpc) is 2.94. The Bertz CT molecular complexity index is 587. The maximum absolute atomic E-state index is 12.3. The molecule has 0 N–H and O–H groups in total. The molecule has 0 unspecified atom stereocenters. The van der Waals surface area contributed by atoms with Gasteiger partial charge in [0.2, 0.25) is 0 Å². The number of hydrogen-bond donors (Lipinski definition) is 0. The fourth-order valence-electron chi connectivity index (χ4n) is 2.39. The number of anilines is 1. The van der Waals surface area contributed by atoms with Gasteiger partial charge in [0.15, 0.2) is 0 Å². The van der Waals surface area contributed by atoms with E-state index < -0.39 is 0 Å². The van der Waals surface area contributed by atoms with Crippen molar-refractivity contribution >= 4 is 11.8 Å². The molecular formula is C14H18N5O+. The Labute approximate surface area is 117 Å². The summed E-state index contributed by atoms with van der Waals surface area (Å²) in [6, 6.07) is 5.93. The molecule has 6 heteroatoms. The molecule has 3 rings (SSSR count). The van der Waals surface area contributed by atoms with E-state index in [1.54, 1.807) is 23.3 Å². The summed E-state index contributed by atoms with van der Waals surface area (Å²) in [7, 11) is 1.91. The predicted molar refractivity (Wildman–Crippen MR) is 74.4 cm³/mol. The van der Waals surface area contributed by atoms with Crippen molar-refractivity contribution in [3.63, 3.8) is 0 Å². The van der Waals surface area contributed by atoms with E-state index >= 15 is 0 Å². The Balaban J connectivity index is 1.63. The van der Waals surface area contributed by atoms with Crippen LogP contribution < -0.4 is 9.47 Å². The van der Waals surface area contributed by atoms with E-state index in [1.807, 2.05) is 40.9 Å². The van der Waals surface area contributed by atoms with Gasteiger partial charge in [0.25, 0.3) is 6.33 Å². The van der Waals surface area contributed by atoms with Crippen LogP contribution in [0.5, 0.6) is 0 Å².